The van der Waals surface area contributed by atoms with E-state index < -0.39 is 4.92 Å². The van der Waals surface area contributed by atoms with Gasteiger partial charge in [-0.25, -0.2) is 4.99 Å². The van der Waals surface area contributed by atoms with E-state index in [1.807, 2.05) is 60.7 Å². The summed E-state index contributed by atoms with van der Waals surface area (Å²) < 4.78 is 5.40. The Morgan fingerprint density at radius 3 is 2.41 bits per heavy atom. The molecule has 7 nitrogen and oxygen atoms in total. The highest BCUT2D eigenvalue weighted by molar-refractivity contribution is 8.13. The van der Waals surface area contributed by atoms with Crippen molar-refractivity contribution < 1.29 is 14.8 Å². The van der Waals surface area contributed by atoms with E-state index in [9.17, 15) is 15.2 Å². The standard InChI is InChI=1S/C29H25Cl2N3O4S/c1-38-25-3-2-4-26(18-25)39-29(32-23-11-14-27(31)28(17-23)34(36)37)33(19-21-7-12-24(35)13-8-21)16-15-20-5-9-22(30)10-6-20/h2-14,17-18,35H,15-16,19H2,1H3. The Bertz CT molecular complexity index is 1460. The predicted octanol–water partition coefficient (Wildman–Crippen LogP) is 8.14. The molecule has 4 aromatic carbocycles. The molecule has 0 unspecified atom stereocenters. The number of nitro groups is 1. The van der Waals surface area contributed by atoms with Crippen LogP contribution in [0.3, 0.4) is 0 Å². The third kappa shape index (κ3) is 8.13. The number of aromatic hydroxyl groups is 1. The van der Waals surface area contributed by atoms with Crippen LogP contribution in [-0.2, 0) is 13.0 Å². The maximum atomic E-state index is 11.5. The van der Waals surface area contributed by atoms with Crippen LogP contribution in [0.2, 0.25) is 10.0 Å². The number of aliphatic imine (C=N–C) groups is 1. The fourth-order valence-electron chi connectivity index (χ4n) is 3.73. The second-order valence-electron chi connectivity index (χ2n) is 8.53. The average Bonchev–Trinajstić information content (AvgIpc) is 2.93. The molecule has 0 radical (unpaired) electrons. The van der Waals surface area contributed by atoms with Crippen LogP contribution in [0.1, 0.15) is 11.1 Å². The zero-order valence-corrected chi connectivity index (χ0v) is 23.3. The minimum atomic E-state index is -0.523. The predicted molar refractivity (Wildman–Crippen MR) is 158 cm³/mol. The van der Waals surface area contributed by atoms with E-state index in [2.05, 4.69) is 4.90 Å². The third-order valence-corrected chi connectivity index (χ3v) is 7.36. The van der Waals surface area contributed by atoms with Crippen LogP contribution in [0.15, 0.2) is 101 Å². The molecule has 0 aliphatic heterocycles. The van der Waals surface area contributed by atoms with Crippen molar-refractivity contribution in [1.82, 2.24) is 4.90 Å². The number of phenolic OH excluding ortho intramolecular Hbond substituents is 1. The first-order chi connectivity index (χ1) is 18.8. The van der Waals surface area contributed by atoms with Gasteiger partial charge in [-0.15, -0.1) is 0 Å². The summed E-state index contributed by atoms with van der Waals surface area (Å²) in [4.78, 5) is 18.9. The van der Waals surface area contributed by atoms with Crippen LogP contribution in [0, 0.1) is 10.1 Å². The first kappa shape index (κ1) is 28.3. The molecule has 0 aliphatic carbocycles. The molecule has 0 aliphatic rings. The van der Waals surface area contributed by atoms with Crippen molar-refractivity contribution >= 4 is 51.5 Å². The van der Waals surface area contributed by atoms with Crippen molar-refractivity contribution in [1.29, 1.82) is 0 Å². The van der Waals surface area contributed by atoms with Gasteiger partial charge >= 0.3 is 0 Å². The lowest BCUT2D eigenvalue weighted by Gasteiger charge is -2.26. The highest BCUT2D eigenvalue weighted by atomic mass is 35.5. The number of nitro benzene ring substituents is 1. The number of amidine groups is 1. The van der Waals surface area contributed by atoms with E-state index in [1.165, 1.54) is 23.9 Å². The second-order valence-corrected chi connectivity index (χ2v) is 10.4. The fourth-order valence-corrected chi connectivity index (χ4v) is 5.01. The number of rotatable bonds is 9. The number of phenols is 1. The molecule has 0 bridgehead atoms. The minimum absolute atomic E-state index is 0.0460. The highest BCUT2D eigenvalue weighted by Gasteiger charge is 2.18. The van der Waals surface area contributed by atoms with Crippen molar-refractivity contribution in [2.75, 3.05) is 13.7 Å². The summed E-state index contributed by atoms with van der Waals surface area (Å²) >= 11 is 13.6. The molecule has 200 valence electrons. The number of nitrogens with zero attached hydrogens (tertiary/aromatic N) is 3. The van der Waals surface area contributed by atoms with Gasteiger partial charge in [0.25, 0.3) is 5.69 Å². The number of benzene rings is 4. The van der Waals surface area contributed by atoms with Gasteiger partial charge in [-0.2, -0.15) is 0 Å². The molecule has 0 amide bonds. The van der Waals surface area contributed by atoms with Crippen molar-refractivity contribution in [2.24, 2.45) is 4.99 Å². The fraction of sp³-hybridized carbons (Fsp3) is 0.138. The summed E-state index contributed by atoms with van der Waals surface area (Å²) in [6.07, 6.45) is 0.702. The topological polar surface area (TPSA) is 88.2 Å². The van der Waals surface area contributed by atoms with Gasteiger partial charge in [0.1, 0.15) is 16.5 Å². The number of methoxy groups -OCH3 is 1. The maximum Gasteiger partial charge on any atom is 0.290 e. The van der Waals surface area contributed by atoms with Crippen LogP contribution < -0.4 is 4.74 Å². The van der Waals surface area contributed by atoms with Crippen LogP contribution in [0.4, 0.5) is 11.4 Å². The normalized spacial score (nSPS) is 11.3. The van der Waals surface area contributed by atoms with Gasteiger partial charge in [0.15, 0.2) is 5.17 Å². The van der Waals surface area contributed by atoms with Crippen molar-refractivity contribution in [3.63, 3.8) is 0 Å². The monoisotopic (exact) mass is 581 g/mol. The number of hydrogen-bond acceptors (Lipinski definition) is 6. The molecular weight excluding hydrogens is 557 g/mol. The lowest BCUT2D eigenvalue weighted by atomic mass is 10.1. The van der Waals surface area contributed by atoms with Crippen LogP contribution in [-0.4, -0.2) is 33.8 Å². The summed E-state index contributed by atoms with van der Waals surface area (Å²) in [5.41, 5.74) is 2.25. The second kappa shape index (κ2) is 13.4. The van der Waals surface area contributed by atoms with Crippen LogP contribution >= 0.6 is 35.0 Å². The zero-order valence-electron chi connectivity index (χ0n) is 21.0. The molecule has 4 aromatic rings. The molecule has 0 spiro atoms. The first-order valence-corrected chi connectivity index (χ1v) is 13.5. The molecular formula is C29H25Cl2N3O4S. The van der Waals surface area contributed by atoms with Crippen molar-refractivity contribution in [3.05, 3.63) is 122 Å². The Hall–Kier alpha value is -3.72. The lowest BCUT2D eigenvalue weighted by Crippen LogP contribution is -2.30. The number of halogens is 2. The van der Waals surface area contributed by atoms with Crippen LogP contribution in [0.25, 0.3) is 0 Å². The molecule has 0 heterocycles. The van der Waals surface area contributed by atoms with E-state index in [4.69, 9.17) is 32.9 Å². The van der Waals surface area contributed by atoms with Gasteiger partial charge in [0.2, 0.25) is 0 Å². The van der Waals surface area contributed by atoms with Gasteiger partial charge in [-0.05, 0) is 72.1 Å². The summed E-state index contributed by atoms with van der Waals surface area (Å²) in [5, 5.41) is 22.6. The molecule has 1 N–H and O–H groups in total. The third-order valence-electron chi connectivity index (χ3n) is 5.77. The van der Waals surface area contributed by atoms with Gasteiger partial charge < -0.3 is 14.7 Å². The number of hydrogen-bond donors (Lipinski definition) is 1. The molecule has 39 heavy (non-hydrogen) atoms. The molecule has 0 atom stereocenters. The quantitative estimate of drug-likeness (QED) is 0.0705. The summed E-state index contributed by atoms with van der Waals surface area (Å²) in [6, 6.07) is 26.8. The van der Waals surface area contributed by atoms with E-state index >= 15 is 0 Å². The van der Waals surface area contributed by atoms with E-state index in [0.29, 0.717) is 41.1 Å². The molecule has 0 fully saturated rings. The minimum Gasteiger partial charge on any atom is -0.508 e. The molecule has 0 saturated carbocycles. The lowest BCUT2D eigenvalue weighted by molar-refractivity contribution is -0.384. The van der Waals surface area contributed by atoms with Gasteiger partial charge in [-0.1, -0.05) is 65.3 Å². The molecule has 4 rings (SSSR count). The largest absolute Gasteiger partial charge is 0.508 e. The highest BCUT2D eigenvalue weighted by Crippen LogP contribution is 2.32. The molecule has 0 saturated heterocycles. The average molecular weight is 583 g/mol. The van der Waals surface area contributed by atoms with Crippen molar-refractivity contribution in [3.8, 4) is 11.5 Å². The first-order valence-electron chi connectivity index (χ1n) is 11.9. The Morgan fingerprint density at radius 2 is 1.72 bits per heavy atom. The van der Waals surface area contributed by atoms with Gasteiger partial charge in [0, 0.05) is 29.1 Å². The number of thioether (sulfide) groups is 1. The number of ether oxygens (including phenoxy) is 1. The Labute approximate surface area is 240 Å². The maximum absolute atomic E-state index is 11.5. The van der Waals surface area contributed by atoms with E-state index in [-0.39, 0.29) is 16.5 Å². The Kier molecular flexibility index (Phi) is 9.70. The van der Waals surface area contributed by atoms with Gasteiger partial charge in [0.05, 0.1) is 17.7 Å². The smallest absolute Gasteiger partial charge is 0.290 e. The zero-order chi connectivity index (χ0) is 27.8. The molecule has 10 heteroatoms. The van der Waals surface area contributed by atoms with Crippen LogP contribution in [0.5, 0.6) is 11.5 Å². The Balaban J connectivity index is 1.75. The SMILES string of the molecule is COc1cccc(SC(=Nc2ccc(Cl)c([N+](=O)[O-])c2)N(CCc2ccc(Cl)cc2)Cc2ccc(O)cc2)c1. The molecule has 0 aromatic heterocycles. The summed E-state index contributed by atoms with van der Waals surface area (Å²) in [6.45, 7) is 1.08. The van der Waals surface area contributed by atoms with E-state index in [0.717, 1.165) is 16.0 Å². The van der Waals surface area contributed by atoms with Gasteiger partial charge in [-0.3, -0.25) is 10.1 Å². The van der Waals surface area contributed by atoms with E-state index in [1.54, 1.807) is 25.3 Å². The Morgan fingerprint density at radius 1 is 1.00 bits per heavy atom. The summed E-state index contributed by atoms with van der Waals surface area (Å²) in [7, 11) is 1.61. The summed E-state index contributed by atoms with van der Waals surface area (Å²) in [5.74, 6) is 0.882. The van der Waals surface area contributed by atoms with Crippen molar-refractivity contribution in [2.45, 2.75) is 17.9 Å².